The summed E-state index contributed by atoms with van der Waals surface area (Å²) in [5, 5.41) is 10.9. The molecule has 1 aliphatic rings. The third-order valence-corrected chi connectivity index (χ3v) is 22.3. The van der Waals surface area contributed by atoms with Gasteiger partial charge in [0.1, 0.15) is 19.6 Å². The average molecular weight is 519 g/mol. The third kappa shape index (κ3) is 6.84. The summed E-state index contributed by atoms with van der Waals surface area (Å²) in [6, 6.07) is -0.191. The van der Waals surface area contributed by atoms with Gasteiger partial charge in [-0.3, -0.25) is 0 Å². The molecule has 4 atom stereocenters. The van der Waals surface area contributed by atoms with E-state index in [1.54, 1.807) is 0 Å². The minimum absolute atomic E-state index is 0.0296. The fourth-order valence-electron chi connectivity index (χ4n) is 3.20. The van der Waals surface area contributed by atoms with E-state index in [9.17, 15) is 5.11 Å². The van der Waals surface area contributed by atoms with Gasteiger partial charge >= 0.3 is 0 Å². The van der Waals surface area contributed by atoms with Gasteiger partial charge in [-0.1, -0.05) is 62.3 Å². The van der Waals surface area contributed by atoms with Gasteiger partial charge in [-0.05, 0) is 54.4 Å². The highest BCUT2D eigenvalue weighted by Crippen LogP contribution is 2.46. The van der Waals surface area contributed by atoms with Crippen molar-refractivity contribution >= 4 is 32.8 Å². The molecular formula is C24H55BO5Si3. The van der Waals surface area contributed by atoms with Crippen LogP contribution in [0.4, 0.5) is 0 Å². The lowest BCUT2D eigenvalue weighted by Gasteiger charge is -2.47. The lowest BCUT2D eigenvalue weighted by Crippen LogP contribution is -2.60. The van der Waals surface area contributed by atoms with E-state index >= 15 is 0 Å². The molecule has 0 aliphatic carbocycles. The molecule has 0 aromatic carbocycles. The molecule has 1 saturated heterocycles. The Morgan fingerprint density at radius 3 is 1.52 bits per heavy atom. The van der Waals surface area contributed by atoms with Gasteiger partial charge in [-0.15, -0.1) is 0 Å². The molecule has 0 aromatic heterocycles. The number of hydrogen-bond acceptors (Lipinski definition) is 5. The van der Waals surface area contributed by atoms with E-state index in [2.05, 4.69) is 109 Å². The summed E-state index contributed by atoms with van der Waals surface area (Å²) < 4.78 is 27.2. The molecule has 0 saturated carbocycles. The van der Waals surface area contributed by atoms with E-state index in [4.69, 9.17) is 18.0 Å². The summed E-state index contributed by atoms with van der Waals surface area (Å²) in [7, 11) is -4.27. The number of rotatable bonds is 8. The predicted octanol–water partition coefficient (Wildman–Crippen LogP) is 5.51. The van der Waals surface area contributed by atoms with Gasteiger partial charge in [-0.2, -0.15) is 0 Å². The second kappa shape index (κ2) is 9.76. The van der Waals surface area contributed by atoms with E-state index in [1.165, 1.54) is 0 Å². The molecule has 0 aromatic rings. The quantitative estimate of drug-likeness (QED) is 0.430. The molecular weight excluding hydrogens is 463 g/mol. The average Bonchev–Trinajstić information content (AvgIpc) is 2.82. The maximum atomic E-state index is 10.8. The molecule has 1 heterocycles. The number of ether oxygens (including phenoxy) is 1. The van der Waals surface area contributed by atoms with Crippen LogP contribution in [0.25, 0.3) is 0 Å². The Morgan fingerprint density at radius 1 is 0.758 bits per heavy atom. The van der Waals surface area contributed by atoms with Crippen molar-refractivity contribution in [1.29, 1.82) is 0 Å². The standard InChI is InChI=1S/C24H55BO5Si3/c1-21(2,3)31(10,11)27-17-24(16-26)19(30-33(14,15)23(7,8)9)18(20(25)28-24)29-32(12,13)22(4,5)6/h18-20,26H,16-17,25H2,1-15H3/t18?,19-,20+,24+/m0/s1. The number of aliphatic hydroxyl groups is 1. The van der Waals surface area contributed by atoms with Crippen molar-refractivity contribution in [3.05, 3.63) is 0 Å². The Labute approximate surface area is 209 Å². The molecule has 0 amide bonds. The van der Waals surface area contributed by atoms with Crippen molar-refractivity contribution < 1.29 is 23.1 Å². The van der Waals surface area contributed by atoms with Crippen LogP contribution in [0.15, 0.2) is 0 Å². The summed E-state index contributed by atoms with van der Waals surface area (Å²) >= 11 is 0. The zero-order chi connectivity index (χ0) is 26.5. The molecule has 1 rings (SSSR count). The van der Waals surface area contributed by atoms with Crippen LogP contribution in [-0.2, 0) is 18.0 Å². The van der Waals surface area contributed by atoms with Crippen LogP contribution in [0.2, 0.25) is 54.4 Å². The van der Waals surface area contributed by atoms with E-state index in [1.807, 2.05) is 0 Å². The summed E-state index contributed by atoms with van der Waals surface area (Å²) in [5.41, 5.74) is -0.933. The largest absolute Gasteiger partial charge is 0.414 e. The van der Waals surface area contributed by atoms with Crippen LogP contribution in [0.3, 0.4) is 0 Å². The van der Waals surface area contributed by atoms with Gasteiger partial charge in [0.25, 0.3) is 0 Å². The van der Waals surface area contributed by atoms with Crippen molar-refractivity contribution in [2.75, 3.05) is 13.2 Å². The van der Waals surface area contributed by atoms with Crippen LogP contribution < -0.4 is 0 Å². The molecule has 33 heavy (non-hydrogen) atoms. The van der Waals surface area contributed by atoms with Crippen LogP contribution in [-0.4, -0.2) is 74.9 Å². The molecule has 0 radical (unpaired) electrons. The highest BCUT2D eigenvalue weighted by atomic mass is 28.4. The normalized spacial score (nSPS) is 28.4. The van der Waals surface area contributed by atoms with Gasteiger partial charge in [0.15, 0.2) is 25.0 Å². The smallest absolute Gasteiger partial charge is 0.192 e. The third-order valence-electron chi connectivity index (χ3n) is 8.92. The van der Waals surface area contributed by atoms with Gasteiger partial charge in [0, 0.05) is 0 Å². The van der Waals surface area contributed by atoms with Gasteiger partial charge in [-0.25, -0.2) is 0 Å². The first kappa shape index (κ1) is 31.5. The van der Waals surface area contributed by atoms with Crippen LogP contribution >= 0.6 is 0 Å². The molecule has 1 N–H and O–H groups in total. The van der Waals surface area contributed by atoms with Gasteiger partial charge < -0.3 is 23.1 Å². The molecule has 5 nitrogen and oxygen atoms in total. The van der Waals surface area contributed by atoms with E-state index in [0.29, 0.717) is 6.61 Å². The maximum Gasteiger partial charge on any atom is 0.192 e. The second-order valence-corrected chi connectivity index (χ2v) is 29.1. The molecule has 9 heteroatoms. The monoisotopic (exact) mass is 518 g/mol. The van der Waals surface area contributed by atoms with Crippen molar-refractivity contribution in [3.8, 4) is 0 Å². The Kier molecular flexibility index (Phi) is 9.33. The Bertz CT molecular complexity index is 664. The fourth-order valence-corrected chi connectivity index (χ4v) is 6.93. The van der Waals surface area contributed by atoms with Crippen LogP contribution in [0.5, 0.6) is 0 Å². The minimum Gasteiger partial charge on any atom is -0.414 e. The highest BCUT2D eigenvalue weighted by Gasteiger charge is 2.59. The molecule has 0 bridgehead atoms. The Morgan fingerprint density at radius 2 is 1.15 bits per heavy atom. The summed E-state index contributed by atoms with van der Waals surface area (Å²) in [6.07, 6.45) is -0.618. The number of aliphatic hydroxyl groups excluding tert-OH is 1. The minimum atomic E-state index is -2.18. The Balaban J connectivity index is 3.47. The summed E-state index contributed by atoms with van der Waals surface area (Å²) in [5.74, 6) is 0. The van der Waals surface area contributed by atoms with Crippen LogP contribution in [0, 0.1) is 0 Å². The first-order chi connectivity index (χ1) is 14.3. The zero-order valence-electron chi connectivity index (χ0n) is 24.7. The predicted molar refractivity (Wildman–Crippen MR) is 151 cm³/mol. The van der Waals surface area contributed by atoms with Crippen LogP contribution in [0.1, 0.15) is 62.3 Å². The Hall–Kier alpha value is 0.516. The van der Waals surface area contributed by atoms with E-state index in [0.717, 1.165) is 0 Å². The molecule has 1 fully saturated rings. The highest BCUT2D eigenvalue weighted by molar-refractivity contribution is 6.75. The molecule has 196 valence electrons. The van der Waals surface area contributed by atoms with Gasteiger partial charge in [0.05, 0.1) is 25.3 Å². The molecule has 1 unspecified atom stereocenters. The van der Waals surface area contributed by atoms with Crippen molar-refractivity contribution in [2.24, 2.45) is 0 Å². The first-order valence-electron chi connectivity index (χ1n) is 12.6. The number of hydrogen-bond donors (Lipinski definition) is 1. The molecule has 0 spiro atoms. The van der Waals surface area contributed by atoms with Crippen molar-refractivity contribution in [3.63, 3.8) is 0 Å². The summed E-state index contributed by atoms with van der Waals surface area (Å²) in [4.78, 5) is 0. The lowest BCUT2D eigenvalue weighted by atomic mass is 9.90. The van der Waals surface area contributed by atoms with Crippen molar-refractivity contribution in [1.82, 2.24) is 0 Å². The van der Waals surface area contributed by atoms with Crippen molar-refractivity contribution in [2.45, 2.75) is 141 Å². The SMILES string of the molecule is B[C@@H]1O[C@](CO)(CO[Si](C)(C)C(C)(C)C)[C@@H](O[Si](C)(C)C(C)(C)C)C1O[Si](C)(C)C(C)(C)C. The van der Waals surface area contributed by atoms with E-state index in [-0.39, 0.29) is 39.9 Å². The molecule has 1 aliphatic heterocycles. The van der Waals surface area contributed by atoms with E-state index < -0.39 is 30.6 Å². The lowest BCUT2D eigenvalue weighted by molar-refractivity contribution is -0.118. The second-order valence-electron chi connectivity index (χ2n) is 14.7. The topological polar surface area (TPSA) is 57.2 Å². The first-order valence-corrected chi connectivity index (χ1v) is 21.3. The maximum absolute atomic E-state index is 10.8. The van der Waals surface area contributed by atoms with Gasteiger partial charge in [0.2, 0.25) is 0 Å². The summed E-state index contributed by atoms with van der Waals surface area (Å²) in [6.45, 7) is 33.9. The fraction of sp³-hybridized carbons (Fsp3) is 1.00. The zero-order valence-corrected chi connectivity index (χ0v) is 27.7.